The fraction of sp³-hybridized carbons (Fsp3) is 0.615. The number of likely N-dealkylation sites (N-methyl/N-ethyl adjacent to an activating group) is 1. The first kappa shape index (κ1) is 13.1. The van der Waals surface area contributed by atoms with E-state index in [0.29, 0.717) is 6.54 Å². The third-order valence-corrected chi connectivity index (χ3v) is 2.78. The molecule has 1 aromatic heterocycles. The molecule has 3 heteroatoms. The van der Waals surface area contributed by atoms with E-state index in [1.165, 1.54) is 12.8 Å². The van der Waals surface area contributed by atoms with E-state index < -0.39 is 6.10 Å². The maximum atomic E-state index is 10.0. The van der Waals surface area contributed by atoms with Crippen molar-refractivity contribution in [2.24, 2.45) is 0 Å². The number of hydrogen-bond donors (Lipinski definition) is 1. The molecule has 3 nitrogen and oxygen atoms in total. The van der Waals surface area contributed by atoms with Crippen molar-refractivity contribution < 1.29 is 5.11 Å². The molecule has 0 aromatic carbocycles. The van der Waals surface area contributed by atoms with Crippen molar-refractivity contribution >= 4 is 0 Å². The lowest BCUT2D eigenvalue weighted by Gasteiger charge is -2.23. The average molecular weight is 222 g/mol. The van der Waals surface area contributed by atoms with E-state index in [-0.39, 0.29) is 0 Å². The summed E-state index contributed by atoms with van der Waals surface area (Å²) in [5.41, 5.74) is 0.900. The van der Waals surface area contributed by atoms with Crippen molar-refractivity contribution in [3.63, 3.8) is 0 Å². The van der Waals surface area contributed by atoms with Gasteiger partial charge in [0.2, 0.25) is 0 Å². The number of rotatable bonds is 7. The number of unbranched alkanes of at least 4 members (excludes halogenated alkanes) is 1. The maximum absolute atomic E-state index is 10.0. The Bertz CT molecular complexity index is 277. The van der Waals surface area contributed by atoms with Crippen LogP contribution in [0.4, 0.5) is 0 Å². The fourth-order valence-corrected chi connectivity index (χ4v) is 1.68. The molecule has 0 aliphatic heterocycles. The molecule has 0 fully saturated rings. The van der Waals surface area contributed by atoms with Crippen LogP contribution in [0.15, 0.2) is 24.5 Å². The van der Waals surface area contributed by atoms with Crippen molar-refractivity contribution in [2.45, 2.75) is 32.8 Å². The quantitative estimate of drug-likeness (QED) is 0.768. The Hall–Kier alpha value is -0.930. The summed E-state index contributed by atoms with van der Waals surface area (Å²) in [6, 6.07) is 3.78. The van der Waals surface area contributed by atoms with Crippen LogP contribution < -0.4 is 0 Å². The summed E-state index contributed by atoms with van der Waals surface area (Å²) >= 11 is 0. The van der Waals surface area contributed by atoms with Crippen molar-refractivity contribution in [1.82, 2.24) is 9.88 Å². The Morgan fingerprint density at radius 1 is 1.44 bits per heavy atom. The second-order valence-corrected chi connectivity index (χ2v) is 4.05. The molecule has 0 radical (unpaired) electrons. The molecule has 1 aromatic rings. The number of hydrogen-bond acceptors (Lipinski definition) is 3. The van der Waals surface area contributed by atoms with E-state index >= 15 is 0 Å². The normalized spacial score (nSPS) is 13.0. The molecule has 0 aliphatic rings. The smallest absolute Gasteiger partial charge is 0.0931 e. The average Bonchev–Trinajstić information content (AvgIpc) is 2.35. The van der Waals surface area contributed by atoms with Crippen molar-refractivity contribution in [1.29, 1.82) is 0 Å². The van der Waals surface area contributed by atoms with E-state index in [1.54, 1.807) is 12.4 Å². The van der Waals surface area contributed by atoms with Gasteiger partial charge in [-0.2, -0.15) is 0 Å². The minimum absolute atomic E-state index is 0.425. The van der Waals surface area contributed by atoms with Crippen LogP contribution in [-0.4, -0.2) is 34.6 Å². The molecule has 1 rings (SSSR count). The Morgan fingerprint density at radius 2 is 2.25 bits per heavy atom. The zero-order valence-corrected chi connectivity index (χ0v) is 10.3. The first-order chi connectivity index (χ1) is 7.77. The lowest BCUT2D eigenvalue weighted by atomic mass is 10.1. The van der Waals surface area contributed by atoms with Crippen molar-refractivity contribution in [3.05, 3.63) is 30.1 Å². The second kappa shape index (κ2) is 7.36. The molecule has 0 aliphatic carbocycles. The van der Waals surface area contributed by atoms with Gasteiger partial charge >= 0.3 is 0 Å². The zero-order valence-electron chi connectivity index (χ0n) is 10.3. The predicted molar refractivity (Wildman–Crippen MR) is 66.2 cm³/mol. The van der Waals surface area contributed by atoms with Crippen molar-refractivity contribution in [2.75, 3.05) is 19.6 Å². The summed E-state index contributed by atoms with van der Waals surface area (Å²) in [5.74, 6) is 0. The molecule has 0 bridgehead atoms. The Morgan fingerprint density at radius 3 is 2.81 bits per heavy atom. The molecule has 1 heterocycles. The van der Waals surface area contributed by atoms with Gasteiger partial charge in [0.1, 0.15) is 0 Å². The van der Waals surface area contributed by atoms with Crippen LogP contribution in [0, 0.1) is 0 Å². The minimum atomic E-state index is -0.425. The van der Waals surface area contributed by atoms with Gasteiger partial charge in [-0.25, -0.2) is 0 Å². The van der Waals surface area contributed by atoms with E-state index in [1.807, 2.05) is 12.1 Å². The van der Waals surface area contributed by atoms with E-state index in [4.69, 9.17) is 0 Å². The van der Waals surface area contributed by atoms with Gasteiger partial charge in [-0.3, -0.25) is 4.98 Å². The van der Waals surface area contributed by atoms with Gasteiger partial charge in [-0.1, -0.05) is 26.3 Å². The van der Waals surface area contributed by atoms with E-state index in [2.05, 4.69) is 23.7 Å². The molecular weight excluding hydrogens is 200 g/mol. The summed E-state index contributed by atoms with van der Waals surface area (Å²) in [7, 11) is 0. The summed E-state index contributed by atoms with van der Waals surface area (Å²) in [6.45, 7) is 7.06. The Balaban J connectivity index is 2.45. The molecular formula is C13H22N2O. The third-order valence-electron chi connectivity index (χ3n) is 2.78. The van der Waals surface area contributed by atoms with Crippen LogP contribution in [0.5, 0.6) is 0 Å². The van der Waals surface area contributed by atoms with Gasteiger partial charge in [0, 0.05) is 24.5 Å². The van der Waals surface area contributed by atoms with Crippen LogP contribution in [0.2, 0.25) is 0 Å². The highest BCUT2D eigenvalue weighted by atomic mass is 16.3. The van der Waals surface area contributed by atoms with Crippen LogP contribution in [0.1, 0.15) is 38.4 Å². The van der Waals surface area contributed by atoms with Gasteiger partial charge in [0.25, 0.3) is 0 Å². The zero-order chi connectivity index (χ0) is 11.8. The maximum Gasteiger partial charge on any atom is 0.0931 e. The Kier molecular flexibility index (Phi) is 6.04. The molecule has 1 N–H and O–H groups in total. The van der Waals surface area contributed by atoms with Gasteiger partial charge < -0.3 is 10.0 Å². The second-order valence-electron chi connectivity index (χ2n) is 4.05. The number of aliphatic hydroxyl groups excluding tert-OH is 1. The van der Waals surface area contributed by atoms with Gasteiger partial charge in [-0.15, -0.1) is 0 Å². The minimum Gasteiger partial charge on any atom is -0.387 e. The Labute approximate surface area is 98.1 Å². The SMILES string of the molecule is CCCCN(CC)CC(O)c1cccnc1. The topological polar surface area (TPSA) is 36.4 Å². The van der Waals surface area contributed by atoms with E-state index in [0.717, 1.165) is 18.7 Å². The molecule has 0 saturated heterocycles. The summed E-state index contributed by atoms with van der Waals surface area (Å²) in [6.07, 6.45) is 5.42. The van der Waals surface area contributed by atoms with Crippen LogP contribution >= 0.6 is 0 Å². The largest absolute Gasteiger partial charge is 0.387 e. The highest BCUT2D eigenvalue weighted by Gasteiger charge is 2.11. The highest BCUT2D eigenvalue weighted by molar-refractivity contribution is 5.12. The number of aromatic nitrogens is 1. The first-order valence-electron chi connectivity index (χ1n) is 6.08. The molecule has 0 amide bonds. The summed E-state index contributed by atoms with van der Waals surface area (Å²) < 4.78 is 0. The van der Waals surface area contributed by atoms with Gasteiger partial charge in [-0.05, 0) is 25.6 Å². The molecule has 0 spiro atoms. The number of nitrogens with zero attached hydrogens (tertiary/aromatic N) is 2. The van der Waals surface area contributed by atoms with Crippen LogP contribution in [-0.2, 0) is 0 Å². The molecule has 1 unspecified atom stereocenters. The summed E-state index contributed by atoms with van der Waals surface area (Å²) in [5, 5.41) is 10.0. The molecule has 0 saturated carbocycles. The standard InChI is InChI=1S/C13H22N2O/c1-3-5-9-15(4-2)11-13(16)12-7-6-8-14-10-12/h6-8,10,13,16H,3-5,9,11H2,1-2H3. The summed E-state index contributed by atoms with van der Waals surface area (Å²) in [4.78, 5) is 6.30. The van der Waals surface area contributed by atoms with Crippen LogP contribution in [0.3, 0.4) is 0 Å². The number of pyridine rings is 1. The predicted octanol–water partition coefficient (Wildman–Crippen LogP) is 2.24. The highest BCUT2D eigenvalue weighted by Crippen LogP contribution is 2.12. The van der Waals surface area contributed by atoms with Crippen molar-refractivity contribution in [3.8, 4) is 0 Å². The fourth-order valence-electron chi connectivity index (χ4n) is 1.68. The molecule has 16 heavy (non-hydrogen) atoms. The van der Waals surface area contributed by atoms with Crippen LogP contribution in [0.25, 0.3) is 0 Å². The number of aliphatic hydroxyl groups is 1. The van der Waals surface area contributed by atoms with Gasteiger partial charge in [0.05, 0.1) is 6.10 Å². The lowest BCUT2D eigenvalue weighted by Crippen LogP contribution is -2.29. The molecule has 90 valence electrons. The molecule has 1 atom stereocenters. The van der Waals surface area contributed by atoms with Gasteiger partial charge in [0.15, 0.2) is 0 Å². The first-order valence-corrected chi connectivity index (χ1v) is 6.08. The lowest BCUT2D eigenvalue weighted by molar-refractivity contribution is 0.115. The monoisotopic (exact) mass is 222 g/mol. The third kappa shape index (κ3) is 4.29. The van der Waals surface area contributed by atoms with E-state index in [9.17, 15) is 5.11 Å².